The third kappa shape index (κ3) is 5.73. The topological polar surface area (TPSA) is 12.9 Å². The van der Waals surface area contributed by atoms with Crippen molar-refractivity contribution in [2.45, 2.75) is 112 Å². The van der Waals surface area contributed by atoms with Gasteiger partial charge in [-0.25, -0.2) is 0 Å². The second kappa shape index (κ2) is 13.0. The summed E-state index contributed by atoms with van der Waals surface area (Å²) in [4.78, 5) is 5.07. The molecule has 2 heteroatoms. The van der Waals surface area contributed by atoms with Crippen LogP contribution in [0.3, 0.4) is 0 Å². The van der Waals surface area contributed by atoms with E-state index in [1.165, 1.54) is 85.7 Å². The lowest BCUT2D eigenvalue weighted by Crippen LogP contribution is -2.29. The smallest absolute Gasteiger partial charge is 0.0888 e. The van der Waals surface area contributed by atoms with Crippen molar-refractivity contribution in [3.05, 3.63) is 112 Å². The second-order valence-electron chi connectivity index (χ2n) is 16.4. The van der Waals surface area contributed by atoms with Crippen molar-refractivity contribution in [2.24, 2.45) is 17.8 Å². The molecule has 0 bridgehead atoms. The van der Waals surface area contributed by atoms with E-state index in [4.69, 9.17) is 4.98 Å². The molecule has 2 heterocycles. The van der Waals surface area contributed by atoms with Crippen molar-refractivity contribution in [3.8, 4) is 22.3 Å². The lowest BCUT2D eigenvalue weighted by atomic mass is 9.64. The number of thiophene rings is 1. The number of allylic oxidation sites excluding steroid dienone is 4. The third-order valence-electron chi connectivity index (χ3n) is 11.7. The molecule has 0 saturated carbocycles. The van der Waals surface area contributed by atoms with Crippen LogP contribution in [0.2, 0.25) is 0 Å². The van der Waals surface area contributed by atoms with E-state index in [0.29, 0.717) is 17.8 Å². The molecule has 1 spiro atoms. The summed E-state index contributed by atoms with van der Waals surface area (Å²) in [6.07, 6.45) is 14.3. The monoisotopic (exact) mass is 665 g/mol. The van der Waals surface area contributed by atoms with E-state index in [1.54, 1.807) is 11.1 Å². The van der Waals surface area contributed by atoms with Crippen molar-refractivity contribution < 1.29 is 0 Å². The van der Waals surface area contributed by atoms with Crippen LogP contribution in [0.1, 0.15) is 117 Å². The van der Waals surface area contributed by atoms with E-state index < -0.39 is 0 Å². The van der Waals surface area contributed by atoms with Gasteiger partial charge in [-0.1, -0.05) is 116 Å². The zero-order valence-corrected chi connectivity index (χ0v) is 32.2. The molecule has 3 aromatic carbocycles. The predicted molar refractivity (Wildman–Crippen MR) is 215 cm³/mol. The molecule has 0 fully saturated rings. The average molecular weight is 666 g/mol. The number of hydrogen-bond acceptors (Lipinski definition) is 2. The lowest BCUT2D eigenvalue weighted by molar-refractivity contribution is 0.491. The highest BCUT2D eigenvalue weighted by atomic mass is 32.1. The van der Waals surface area contributed by atoms with Crippen LogP contribution >= 0.6 is 11.3 Å². The first kappa shape index (κ1) is 34.0. The van der Waals surface area contributed by atoms with Crippen LogP contribution in [-0.2, 0) is 17.3 Å². The van der Waals surface area contributed by atoms with Crippen LogP contribution in [0.25, 0.3) is 43.2 Å². The summed E-state index contributed by atoms with van der Waals surface area (Å²) in [5.41, 5.74) is 15.3. The molecular formula is C47H55NS. The number of hydrogen-bond donors (Lipinski definition) is 0. The first-order chi connectivity index (χ1) is 23.5. The molecule has 2 aromatic heterocycles. The van der Waals surface area contributed by atoms with Gasteiger partial charge in [0.2, 0.25) is 0 Å². The van der Waals surface area contributed by atoms with E-state index in [9.17, 15) is 0 Å². The predicted octanol–water partition coefficient (Wildman–Crippen LogP) is 14.0. The number of nitrogens with zero attached hydrogens (tertiary/aromatic N) is 1. The summed E-state index contributed by atoms with van der Waals surface area (Å²) in [5, 5.41) is 5.17. The molecule has 0 N–H and O–H groups in total. The quantitative estimate of drug-likeness (QED) is 0.153. The van der Waals surface area contributed by atoms with Gasteiger partial charge in [0.25, 0.3) is 0 Å². The molecule has 49 heavy (non-hydrogen) atoms. The fourth-order valence-corrected chi connectivity index (χ4v) is 10.2. The molecule has 2 aliphatic rings. The minimum absolute atomic E-state index is 0.0208. The zero-order valence-electron chi connectivity index (χ0n) is 31.3. The van der Waals surface area contributed by atoms with Gasteiger partial charge in [-0.2, -0.15) is 0 Å². The maximum Gasteiger partial charge on any atom is 0.0888 e. The number of aromatic nitrogens is 1. The highest BCUT2D eigenvalue weighted by Crippen LogP contribution is 2.59. The highest BCUT2D eigenvalue weighted by molar-refractivity contribution is 7.17. The minimum Gasteiger partial charge on any atom is -0.254 e. The number of fused-ring (bicyclic) bond motifs is 8. The van der Waals surface area contributed by atoms with Crippen LogP contribution in [-0.4, -0.2) is 4.98 Å². The Bertz CT molecular complexity index is 2090. The summed E-state index contributed by atoms with van der Waals surface area (Å²) in [7, 11) is 0. The Kier molecular flexibility index (Phi) is 9.02. The van der Waals surface area contributed by atoms with Crippen molar-refractivity contribution in [1.82, 2.24) is 4.98 Å². The standard InChI is InChI=1S/C47H55NS/c1-10-31(11-2)34-22-35(32(12-3)13-4)26-47(25-34)41-19-18-33(40-28-49-43-21-30(20-29(5)6)27-48-45(40)43)23-38(41)39-24-42(46(7,8)9)36-16-14-15-17-37(36)44(39)47/h14-19,21-25,27-29,31-32H,10-13,20,26H2,1-9H3. The Hall–Kier alpha value is -3.49. The minimum atomic E-state index is -0.190. The molecule has 0 aliphatic heterocycles. The SMILES string of the molecule is CCC(CC)C1=CC2(CC(C(CC)CC)=C1)c1ccc(-c3csc4cc(CC(C)C)cnc34)cc1-c1cc(C(C)(C)C)c3ccccc3c12. The van der Waals surface area contributed by atoms with E-state index in [-0.39, 0.29) is 10.8 Å². The van der Waals surface area contributed by atoms with E-state index in [0.717, 1.165) is 18.4 Å². The number of benzene rings is 3. The molecule has 1 unspecified atom stereocenters. The molecule has 254 valence electrons. The van der Waals surface area contributed by atoms with Crippen LogP contribution in [0.15, 0.2) is 89.5 Å². The molecule has 2 aliphatic carbocycles. The highest BCUT2D eigenvalue weighted by Gasteiger charge is 2.46. The van der Waals surface area contributed by atoms with Crippen molar-refractivity contribution in [2.75, 3.05) is 0 Å². The Balaban J connectivity index is 1.52. The average Bonchev–Trinajstić information content (AvgIpc) is 3.61. The summed E-state index contributed by atoms with van der Waals surface area (Å²) in [5.74, 6) is 1.79. The van der Waals surface area contributed by atoms with Gasteiger partial charge < -0.3 is 0 Å². The van der Waals surface area contributed by atoms with Crippen molar-refractivity contribution in [1.29, 1.82) is 0 Å². The van der Waals surface area contributed by atoms with Crippen LogP contribution in [0.5, 0.6) is 0 Å². The maximum atomic E-state index is 5.07. The van der Waals surface area contributed by atoms with Gasteiger partial charge in [-0.05, 0) is 135 Å². The molecule has 5 aromatic rings. The van der Waals surface area contributed by atoms with Crippen molar-refractivity contribution in [3.63, 3.8) is 0 Å². The second-order valence-corrected chi connectivity index (χ2v) is 17.3. The van der Waals surface area contributed by atoms with Gasteiger partial charge >= 0.3 is 0 Å². The summed E-state index contributed by atoms with van der Waals surface area (Å²) < 4.78 is 1.29. The fraction of sp³-hybridized carbons (Fsp3) is 0.426. The number of rotatable bonds is 9. The number of pyridine rings is 1. The van der Waals surface area contributed by atoms with Gasteiger partial charge in [0.15, 0.2) is 0 Å². The van der Waals surface area contributed by atoms with Gasteiger partial charge in [-0.15, -0.1) is 11.3 Å². The van der Waals surface area contributed by atoms with Gasteiger partial charge in [0.1, 0.15) is 0 Å². The van der Waals surface area contributed by atoms with Crippen LogP contribution in [0, 0.1) is 17.8 Å². The van der Waals surface area contributed by atoms with Crippen LogP contribution in [0.4, 0.5) is 0 Å². The first-order valence-corrected chi connectivity index (χ1v) is 19.9. The van der Waals surface area contributed by atoms with E-state index in [2.05, 4.69) is 141 Å². The Morgan fingerprint density at radius 3 is 2.20 bits per heavy atom. The van der Waals surface area contributed by atoms with Gasteiger partial charge in [-0.3, -0.25) is 4.98 Å². The maximum absolute atomic E-state index is 5.07. The summed E-state index contributed by atoms with van der Waals surface area (Å²) >= 11 is 1.84. The summed E-state index contributed by atoms with van der Waals surface area (Å²) in [6.45, 7) is 21.2. The van der Waals surface area contributed by atoms with E-state index in [1.807, 2.05) is 11.3 Å². The van der Waals surface area contributed by atoms with Crippen molar-refractivity contribution >= 4 is 32.3 Å². The van der Waals surface area contributed by atoms with Crippen LogP contribution < -0.4 is 0 Å². The molecule has 0 amide bonds. The molecule has 0 radical (unpaired) electrons. The Morgan fingerprint density at radius 1 is 0.816 bits per heavy atom. The first-order valence-electron chi connectivity index (χ1n) is 19.0. The third-order valence-corrected chi connectivity index (χ3v) is 12.6. The molecular weight excluding hydrogens is 611 g/mol. The molecule has 0 saturated heterocycles. The molecule has 7 rings (SSSR count). The molecule has 1 atom stereocenters. The Labute approximate surface area is 299 Å². The molecule has 1 nitrogen and oxygen atoms in total. The van der Waals surface area contributed by atoms with Gasteiger partial charge in [0, 0.05) is 22.6 Å². The van der Waals surface area contributed by atoms with Gasteiger partial charge in [0.05, 0.1) is 10.2 Å². The largest absolute Gasteiger partial charge is 0.254 e. The Morgan fingerprint density at radius 2 is 1.53 bits per heavy atom. The zero-order chi connectivity index (χ0) is 34.7. The summed E-state index contributed by atoms with van der Waals surface area (Å²) in [6, 6.07) is 21.7. The fourth-order valence-electron chi connectivity index (χ4n) is 9.26. The lowest BCUT2D eigenvalue weighted by Gasteiger charge is -2.39. The van der Waals surface area contributed by atoms with E-state index >= 15 is 0 Å². The normalized spacial score (nSPS) is 17.5.